The fourth-order valence-electron chi connectivity index (χ4n) is 0. The fourth-order valence-corrected chi connectivity index (χ4v) is 0. The first-order valence-electron chi connectivity index (χ1n) is 0. The van der Waals surface area contributed by atoms with Crippen LogP contribution in [-0.4, -0.2) is 27.3 Å². The molecular weight excluding hydrogens is 501 g/mol. The zero-order chi connectivity index (χ0) is 0. The van der Waals surface area contributed by atoms with Crippen molar-refractivity contribution >= 4 is 27.3 Å². The van der Waals surface area contributed by atoms with Crippen LogP contribution in [0, 0.1) is 0 Å². The summed E-state index contributed by atoms with van der Waals surface area (Å²) in [6.07, 6.45) is 0. The zero-order valence-corrected chi connectivity index (χ0v) is 17.5. The Hall–Kier alpha value is 3.52. The Morgan fingerprint density at radius 1 is 1.00 bits per heavy atom. The van der Waals surface area contributed by atoms with Gasteiger partial charge in [-0.1, -0.05) is 0 Å². The summed E-state index contributed by atoms with van der Waals surface area (Å²) in [5.41, 5.74) is 0. The molecule has 0 aliphatic carbocycles. The Morgan fingerprint density at radius 3 is 1.00 bits per heavy atom. The molecule has 3 radical (unpaired) electrons. The van der Waals surface area contributed by atoms with Gasteiger partial charge in [-0.15, -0.1) is 0 Å². The van der Waals surface area contributed by atoms with Crippen LogP contribution in [0.2, 0.25) is 0 Å². The van der Waals surface area contributed by atoms with Crippen molar-refractivity contribution < 1.29 is 81.2 Å². The molecule has 0 aromatic heterocycles. The summed E-state index contributed by atoms with van der Waals surface area (Å²) in [5, 5.41) is 0. The zero-order valence-electron chi connectivity index (χ0n) is 2.83. The summed E-state index contributed by atoms with van der Waals surface area (Å²) in [6.45, 7) is 0. The second kappa shape index (κ2) is 25.8. The summed E-state index contributed by atoms with van der Waals surface area (Å²) in [4.78, 5) is 0. The molecule has 0 spiro atoms. The van der Waals surface area contributed by atoms with Gasteiger partial charge in [-0.3, -0.25) is 0 Å². The first kappa shape index (κ1) is 38.9. The van der Waals surface area contributed by atoms with Gasteiger partial charge in [0.2, 0.25) is 0 Å². The van der Waals surface area contributed by atoms with Crippen molar-refractivity contribution in [2.24, 2.45) is 0 Å². The second-order valence-electron chi connectivity index (χ2n) is 0. The molecule has 0 fully saturated rings. The summed E-state index contributed by atoms with van der Waals surface area (Å²) in [7, 11) is 0. The van der Waals surface area contributed by atoms with Crippen LogP contribution < -0.4 is 0 Å². The predicted molar refractivity (Wildman–Crippen MR) is 8.54 cm³/mol. The molecule has 0 aromatic carbocycles. The standard InChI is InChI=1S/Cd.Cr.Cu.Pb.Zn.2H. The molecule has 0 rings (SSSR count). The average Bonchev–Trinajstić information content (AvgIpc) is 0. The quantitative estimate of drug-likeness (QED) is 0.376. The van der Waals surface area contributed by atoms with Gasteiger partial charge >= 0.3 is 27.3 Å². The topological polar surface area (TPSA) is 0 Å². The van der Waals surface area contributed by atoms with E-state index < -0.39 is 0 Å². The molecule has 0 amide bonds. The van der Waals surface area contributed by atoms with Crippen molar-refractivity contribution in [3.63, 3.8) is 0 Å². The van der Waals surface area contributed by atoms with E-state index in [1.54, 1.807) is 0 Å². The summed E-state index contributed by atoms with van der Waals surface area (Å²) in [5.74, 6) is 0. The van der Waals surface area contributed by atoms with Gasteiger partial charge in [-0.25, -0.2) is 0 Å². The van der Waals surface area contributed by atoms with E-state index >= 15 is 0 Å². The third-order valence-electron chi connectivity index (χ3n) is 0. The minimum Gasteiger partial charge on any atom is 0 e. The molecule has 0 aliphatic rings. The maximum absolute atomic E-state index is 0. The van der Waals surface area contributed by atoms with E-state index in [2.05, 4.69) is 0 Å². The van der Waals surface area contributed by atoms with Gasteiger partial charge in [0.25, 0.3) is 0 Å². The molecule has 0 nitrogen and oxygen atoms in total. The second-order valence-corrected chi connectivity index (χ2v) is 0. The van der Waals surface area contributed by atoms with Crippen LogP contribution in [0.15, 0.2) is 0 Å². The molecule has 0 aliphatic heterocycles. The van der Waals surface area contributed by atoms with E-state index in [0.29, 0.717) is 0 Å². The van der Waals surface area contributed by atoms with E-state index in [1.807, 2.05) is 0 Å². The van der Waals surface area contributed by atoms with E-state index in [4.69, 9.17) is 0 Å². The molecule has 0 saturated heterocycles. The largest absolute Gasteiger partial charge is 0 e. The number of hydrogen-bond acceptors (Lipinski definition) is 0. The maximum atomic E-state index is 0. The van der Waals surface area contributed by atoms with Crippen LogP contribution in [-0.2, 0) is 81.2 Å². The van der Waals surface area contributed by atoms with Crippen molar-refractivity contribution in [1.29, 1.82) is 0 Å². The van der Waals surface area contributed by atoms with Crippen molar-refractivity contribution in [3.8, 4) is 0 Å². The molecule has 27 valence electrons. The Morgan fingerprint density at radius 2 is 1.00 bits per heavy atom. The summed E-state index contributed by atoms with van der Waals surface area (Å²) < 4.78 is 0. The van der Waals surface area contributed by atoms with Gasteiger partial charge in [0.15, 0.2) is 0 Å². The monoisotopic (exact) mass is 503 g/mol. The van der Waals surface area contributed by atoms with Crippen molar-refractivity contribution in [2.75, 3.05) is 0 Å². The molecule has 5 heavy (non-hydrogen) atoms. The molecular formula is H2CdCrCuPbZn. The van der Waals surface area contributed by atoms with E-state index in [0.717, 1.165) is 0 Å². The summed E-state index contributed by atoms with van der Waals surface area (Å²) >= 11 is 0. The van der Waals surface area contributed by atoms with Gasteiger partial charge in [0.05, 0.1) is 0 Å². The Labute approximate surface area is 106 Å². The van der Waals surface area contributed by atoms with Crippen molar-refractivity contribution in [1.82, 2.24) is 0 Å². The minimum atomic E-state index is 0. The van der Waals surface area contributed by atoms with Crippen LogP contribution in [0.4, 0.5) is 0 Å². The molecule has 0 aromatic rings. The third kappa shape index (κ3) is 18.5. The Balaban J connectivity index is 0. The molecule has 0 N–H and O–H groups in total. The molecule has 0 bridgehead atoms. The van der Waals surface area contributed by atoms with Crippen molar-refractivity contribution in [3.05, 3.63) is 0 Å². The number of rotatable bonds is 0. The van der Waals surface area contributed by atoms with Gasteiger partial charge in [0, 0.05) is 81.2 Å². The molecule has 0 heterocycles. The smallest absolute Gasteiger partial charge is 0 e. The third-order valence-corrected chi connectivity index (χ3v) is 0. The van der Waals surface area contributed by atoms with Gasteiger partial charge in [-0.05, 0) is 0 Å². The van der Waals surface area contributed by atoms with Crippen molar-refractivity contribution in [2.45, 2.75) is 0 Å². The van der Waals surface area contributed by atoms with E-state index in [9.17, 15) is 0 Å². The van der Waals surface area contributed by atoms with Crippen LogP contribution >= 0.6 is 0 Å². The molecule has 5 heteroatoms. The first-order chi connectivity index (χ1) is 0. The molecule has 0 saturated carbocycles. The molecule has 0 unspecified atom stereocenters. The minimum absolute atomic E-state index is 0. The van der Waals surface area contributed by atoms with Crippen LogP contribution in [0.5, 0.6) is 0 Å². The fraction of sp³-hybridized carbons (Fsp3) is 0. The van der Waals surface area contributed by atoms with E-state index in [-0.39, 0.29) is 109 Å². The van der Waals surface area contributed by atoms with Crippen LogP contribution in [0.25, 0.3) is 0 Å². The van der Waals surface area contributed by atoms with Crippen LogP contribution in [0.1, 0.15) is 0 Å². The SMILES string of the molecule is [Cd].[Cr].[Cu].[PbH2].[Zn]. The van der Waals surface area contributed by atoms with Gasteiger partial charge in [-0.2, -0.15) is 0 Å². The normalized spacial score (nSPS) is 0. The van der Waals surface area contributed by atoms with E-state index in [1.165, 1.54) is 0 Å². The maximum Gasteiger partial charge on any atom is 0 e. The van der Waals surface area contributed by atoms with Crippen LogP contribution in [0.3, 0.4) is 0 Å². The Bertz CT molecular complexity index is 11.6. The average molecular weight is 503 g/mol. The Kier molecular flexibility index (Phi) is 201. The number of hydrogen-bond donors (Lipinski definition) is 0. The van der Waals surface area contributed by atoms with Gasteiger partial charge in [0.1, 0.15) is 0 Å². The summed E-state index contributed by atoms with van der Waals surface area (Å²) in [6, 6.07) is 0. The van der Waals surface area contributed by atoms with Gasteiger partial charge < -0.3 is 0 Å². The predicted octanol–water partition coefficient (Wildman–Crippen LogP) is -0.926. The first-order valence-corrected chi connectivity index (χ1v) is 0. The molecule has 0 atom stereocenters.